The van der Waals surface area contributed by atoms with Crippen molar-refractivity contribution >= 4 is 17.5 Å². The molecule has 0 bridgehead atoms. The Morgan fingerprint density at radius 3 is 2.30 bits per heavy atom. The molecule has 1 atom stereocenters. The minimum atomic E-state index is -0.450. The molecular weight excluding hydrogens is 396 g/mol. The topological polar surface area (TPSA) is 69.9 Å². The lowest BCUT2D eigenvalue weighted by molar-refractivity contribution is 0.0989. The standard InChI is InChI=1S/C23H20N4O2S/c1-29-20-14-12-17(13-15-20)16-27-23(24-25-26-27)30-22(19-10-6-3-7-11-19)21(28)18-8-4-2-5-9-18/h2-15,22H,16H2,1H3/t22-/m0/s1. The third kappa shape index (κ3) is 4.58. The highest BCUT2D eigenvalue weighted by Crippen LogP contribution is 2.36. The Bertz CT molecular complexity index is 1100. The molecule has 1 aromatic heterocycles. The van der Waals surface area contributed by atoms with Crippen LogP contribution in [0.3, 0.4) is 0 Å². The van der Waals surface area contributed by atoms with E-state index >= 15 is 0 Å². The highest BCUT2D eigenvalue weighted by atomic mass is 32.2. The van der Waals surface area contributed by atoms with Gasteiger partial charge in [-0.05, 0) is 33.7 Å². The van der Waals surface area contributed by atoms with Gasteiger partial charge in [-0.25, -0.2) is 4.68 Å². The molecule has 0 saturated carbocycles. The van der Waals surface area contributed by atoms with Crippen LogP contribution in [0, 0.1) is 0 Å². The van der Waals surface area contributed by atoms with E-state index in [4.69, 9.17) is 4.74 Å². The van der Waals surface area contributed by atoms with Crippen molar-refractivity contribution in [3.63, 3.8) is 0 Å². The van der Waals surface area contributed by atoms with Crippen molar-refractivity contribution in [2.24, 2.45) is 0 Å². The highest BCUT2D eigenvalue weighted by Gasteiger charge is 2.26. The van der Waals surface area contributed by atoms with Crippen LogP contribution >= 0.6 is 11.8 Å². The number of hydrogen-bond donors (Lipinski definition) is 0. The molecule has 4 aromatic rings. The van der Waals surface area contributed by atoms with Crippen molar-refractivity contribution in [3.8, 4) is 5.75 Å². The number of ether oxygens (including phenoxy) is 1. The quantitative estimate of drug-likeness (QED) is 0.312. The van der Waals surface area contributed by atoms with E-state index in [9.17, 15) is 4.79 Å². The van der Waals surface area contributed by atoms with Crippen molar-refractivity contribution in [2.75, 3.05) is 7.11 Å². The van der Waals surface area contributed by atoms with Crippen molar-refractivity contribution in [2.45, 2.75) is 17.0 Å². The van der Waals surface area contributed by atoms with Crippen LogP contribution in [-0.2, 0) is 6.54 Å². The summed E-state index contributed by atoms with van der Waals surface area (Å²) in [6.45, 7) is 0.500. The van der Waals surface area contributed by atoms with E-state index in [1.807, 2.05) is 84.9 Å². The van der Waals surface area contributed by atoms with Crippen molar-refractivity contribution in [3.05, 3.63) is 102 Å². The van der Waals surface area contributed by atoms with Gasteiger partial charge in [-0.3, -0.25) is 4.79 Å². The summed E-state index contributed by atoms with van der Waals surface area (Å²) in [5, 5.41) is 12.3. The zero-order valence-electron chi connectivity index (χ0n) is 16.4. The number of hydrogen-bond acceptors (Lipinski definition) is 6. The molecule has 6 nitrogen and oxygen atoms in total. The molecule has 0 radical (unpaired) electrons. The fraction of sp³-hybridized carbons (Fsp3) is 0.130. The average Bonchev–Trinajstić information content (AvgIpc) is 3.25. The van der Waals surface area contributed by atoms with Crippen LogP contribution in [0.25, 0.3) is 0 Å². The Hall–Kier alpha value is -3.45. The smallest absolute Gasteiger partial charge is 0.210 e. The molecule has 3 aromatic carbocycles. The molecule has 0 aliphatic heterocycles. The van der Waals surface area contributed by atoms with Crippen LogP contribution < -0.4 is 4.74 Å². The summed E-state index contributed by atoms with van der Waals surface area (Å²) in [6, 6.07) is 26.8. The van der Waals surface area contributed by atoms with Gasteiger partial charge in [0.2, 0.25) is 5.16 Å². The Balaban J connectivity index is 1.61. The molecule has 7 heteroatoms. The minimum Gasteiger partial charge on any atom is -0.497 e. The minimum absolute atomic E-state index is 0.0193. The lowest BCUT2D eigenvalue weighted by Crippen LogP contribution is -2.12. The maximum absolute atomic E-state index is 13.3. The van der Waals surface area contributed by atoms with Crippen molar-refractivity contribution in [1.82, 2.24) is 20.2 Å². The Morgan fingerprint density at radius 2 is 1.63 bits per heavy atom. The number of tetrazole rings is 1. The molecule has 30 heavy (non-hydrogen) atoms. The SMILES string of the molecule is COc1ccc(Cn2nnnc2S[C@H](C(=O)c2ccccc2)c2ccccc2)cc1. The van der Waals surface area contributed by atoms with E-state index < -0.39 is 5.25 Å². The first-order valence-corrected chi connectivity index (χ1v) is 10.3. The zero-order valence-corrected chi connectivity index (χ0v) is 17.2. The number of methoxy groups -OCH3 is 1. The number of thioether (sulfide) groups is 1. The van der Waals surface area contributed by atoms with E-state index in [-0.39, 0.29) is 5.78 Å². The Kier molecular flexibility index (Phi) is 6.20. The zero-order chi connectivity index (χ0) is 20.8. The van der Waals surface area contributed by atoms with Gasteiger partial charge in [0.25, 0.3) is 0 Å². The number of nitrogens with zero attached hydrogens (tertiary/aromatic N) is 4. The number of Topliss-reactive ketones (excluding diaryl/α,β-unsaturated/α-hetero) is 1. The summed E-state index contributed by atoms with van der Waals surface area (Å²) in [6.07, 6.45) is 0. The number of carbonyl (C=O) groups is 1. The number of ketones is 1. The van der Waals surface area contributed by atoms with Gasteiger partial charge in [0.1, 0.15) is 11.0 Å². The van der Waals surface area contributed by atoms with Gasteiger partial charge < -0.3 is 4.74 Å². The predicted molar refractivity (Wildman–Crippen MR) is 116 cm³/mol. The van der Waals surface area contributed by atoms with Crippen LogP contribution in [-0.4, -0.2) is 33.1 Å². The Morgan fingerprint density at radius 1 is 0.967 bits per heavy atom. The summed E-state index contributed by atoms with van der Waals surface area (Å²) < 4.78 is 6.92. The molecule has 0 fully saturated rings. The Labute approximate surface area is 178 Å². The third-order valence-electron chi connectivity index (χ3n) is 4.61. The third-order valence-corrected chi connectivity index (χ3v) is 5.84. The maximum Gasteiger partial charge on any atom is 0.210 e. The molecule has 4 rings (SSSR count). The highest BCUT2D eigenvalue weighted by molar-refractivity contribution is 8.00. The molecule has 1 heterocycles. The monoisotopic (exact) mass is 416 g/mol. The molecule has 150 valence electrons. The summed E-state index contributed by atoms with van der Waals surface area (Å²) in [7, 11) is 1.64. The average molecular weight is 417 g/mol. The van der Waals surface area contributed by atoms with Crippen molar-refractivity contribution in [1.29, 1.82) is 0 Å². The van der Waals surface area contributed by atoms with Gasteiger partial charge in [-0.15, -0.1) is 5.10 Å². The lowest BCUT2D eigenvalue weighted by atomic mass is 10.0. The van der Waals surface area contributed by atoms with E-state index in [0.29, 0.717) is 17.3 Å². The van der Waals surface area contributed by atoms with Crippen molar-refractivity contribution < 1.29 is 9.53 Å². The summed E-state index contributed by atoms with van der Waals surface area (Å²) >= 11 is 1.36. The molecule has 0 N–H and O–H groups in total. The van der Waals surface area contributed by atoms with E-state index in [0.717, 1.165) is 16.9 Å². The summed E-state index contributed by atoms with van der Waals surface area (Å²) in [4.78, 5) is 13.3. The van der Waals surface area contributed by atoms with E-state index in [1.165, 1.54) is 11.8 Å². The van der Waals surface area contributed by atoms with Gasteiger partial charge in [0.05, 0.1) is 13.7 Å². The first-order chi connectivity index (χ1) is 14.7. The number of carbonyl (C=O) groups excluding carboxylic acids is 1. The van der Waals surface area contributed by atoms with Gasteiger partial charge in [-0.2, -0.15) is 0 Å². The first kappa shape index (κ1) is 19.8. The molecule has 0 aliphatic rings. The van der Waals surface area contributed by atoms with Gasteiger partial charge in [-0.1, -0.05) is 84.6 Å². The molecule has 0 spiro atoms. The van der Waals surface area contributed by atoms with Crippen LogP contribution in [0.4, 0.5) is 0 Å². The van der Waals surface area contributed by atoms with Crippen LogP contribution in [0.1, 0.15) is 26.7 Å². The maximum atomic E-state index is 13.3. The number of aromatic nitrogens is 4. The molecule has 0 amide bonds. The number of benzene rings is 3. The predicted octanol–water partition coefficient (Wildman–Crippen LogP) is 4.45. The fourth-order valence-corrected chi connectivity index (χ4v) is 4.10. The summed E-state index contributed by atoms with van der Waals surface area (Å²) in [5.41, 5.74) is 2.61. The molecule has 0 saturated heterocycles. The van der Waals surface area contributed by atoms with Crippen LogP contribution in [0.15, 0.2) is 90.1 Å². The number of rotatable bonds is 8. The largest absolute Gasteiger partial charge is 0.497 e. The van der Waals surface area contributed by atoms with Gasteiger partial charge in [0.15, 0.2) is 5.78 Å². The second-order valence-corrected chi connectivity index (χ2v) is 7.68. The summed E-state index contributed by atoms with van der Waals surface area (Å²) in [5.74, 6) is 0.813. The van der Waals surface area contributed by atoms with Crippen LogP contribution in [0.2, 0.25) is 0 Å². The second kappa shape index (κ2) is 9.37. The van der Waals surface area contributed by atoms with E-state index in [2.05, 4.69) is 15.5 Å². The molecule has 0 unspecified atom stereocenters. The first-order valence-electron chi connectivity index (χ1n) is 9.44. The normalized spacial score (nSPS) is 11.8. The molecular formula is C23H20N4O2S. The lowest BCUT2D eigenvalue weighted by Gasteiger charge is -2.16. The van der Waals surface area contributed by atoms with Gasteiger partial charge >= 0.3 is 0 Å². The van der Waals surface area contributed by atoms with Gasteiger partial charge in [0, 0.05) is 5.56 Å². The second-order valence-electron chi connectivity index (χ2n) is 6.61. The van der Waals surface area contributed by atoms with Crippen LogP contribution in [0.5, 0.6) is 5.75 Å². The fourth-order valence-electron chi connectivity index (χ4n) is 3.04. The van der Waals surface area contributed by atoms with E-state index in [1.54, 1.807) is 11.8 Å². The molecule has 0 aliphatic carbocycles.